The molecular weight excluding hydrogens is 280 g/mol. The van der Waals surface area contributed by atoms with Gasteiger partial charge in [-0.3, -0.25) is 4.79 Å². The minimum Gasteiger partial charge on any atom is -0.462 e. The second kappa shape index (κ2) is 6.95. The molecule has 22 heavy (non-hydrogen) atoms. The highest BCUT2D eigenvalue weighted by atomic mass is 16.6. The van der Waals surface area contributed by atoms with Crippen LogP contribution in [0.15, 0.2) is 24.3 Å². The van der Waals surface area contributed by atoms with E-state index in [2.05, 4.69) is 0 Å². The summed E-state index contributed by atoms with van der Waals surface area (Å²) in [7, 11) is 0. The SMILES string of the molecule is CCC1(CC)CC(CCOC(=O)c2ccc(C)cc2)OC1=O. The largest absolute Gasteiger partial charge is 0.462 e. The number of esters is 2. The van der Waals surface area contributed by atoms with Crippen LogP contribution < -0.4 is 0 Å². The summed E-state index contributed by atoms with van der Waals surface area (Å²) in [5.74, 6) is -0.436. The van der Waals surface area contributed by atoms with Crippen LogP contribution in [-0.4, -0.2) is 24.6 Å². The lowest BCUT2D eigenvalue weighted by Crippen LogP contribution is -2.24. The van der Waals surface area contributed by atoms with Crippen molar-refractivity contribution in [1.29, 1.82) is 0 Å². The summed E-state index contributed by atoms with van der Waals surface area (Å²) >= 11 is 0. The fraction of sp³-hybridized carbons (Fsp3) is 0.556. The summed E-state index contributed by atoms with van der Waals surface area (Å²) in [6.07, 6.45) is 2.73. The number of rotatable bonds is 6. The van der Waals surface area contributed by atoms with Crippen molar-refractivity contribution in [3.05, 3.63) is 35.4 Å². The highest BCUT2D eigenvalue weighted by Gasteiger charge is 2.46. The topological polar surface area (TPSA) is 52.6 Å². The summed E-state index contributed by atoms with van der Waals surface area (Å²) in [6.45, 7) is 6.28. The second-order valence-corrected chi connectivity index (χ2v) is 6.01. The number of aryl methyl sites for hydroxylation is 1. The molecule has 0 bridgehead atoms. The van der Waals surface area contributed by atoms with E-state index in [0.29, 0.717) is 12.0 Å². The monoisotopic (exact) mass is 304 g/mol. The van der Waals surface area contributed by atoms with E-state index >= 15 is 0 Å². The first kappa shape index (κ1) is 16.5. The van der Waals surface area contributed by atoms with Gasteiger partial charge in [-0.1, -0.05) is 31.5 Å². The lowest BCUT2D eigenvalue weighted by atomic mass is 9.79. The number of carbonyl (C=O) groups is 2. The lowest BCUT2D eigenvalue weighted by Gasteiger charge is -2.20. The molecule has 0 aromatic heterocycles. The molecule has 1 atom stereocenters. The van der Waals surface area contributed by atoms with Crippen LogP contribution in [0.1, 0.15) is 55.5 Å². The number of benzene rings is 1. The Hall–Kier alpha value is -1.84. The first-order valence-electron chi connectivity index (χ1n) is 7.95. The Kier molecular flexibility index (Phi) is 5.22. The normalized spacial score (nSPS) is 19.8. The summed E-state index contributed by atoms with van der Waals surface area (Å²) in [5.41, 5.74) is 1.31. The predicted molar refractivity (Wildman–Crippen MR) is 83.6 cm³/mol. The van der Waals surface area contributed by atoms with E-state index in [0.717, 1.165) is 24.8 Å². The highest BCUT2D eigenvalue weighted by molar-refractivity contribution is 5.89. The Morgan fingerprint density at radius 1 is 1.27 bits per heavy atom. The van der Waals surface area contributed by atoms with Gasteiger partial charge in [0.15, 0.2) is 0 Å². The first-order valence-corrected chi connectivity index (χ1v) is 7.95. The number of cyclic esters (lactones) is 1. The molecule has 4 nitrogen and oxygen atoms in total. The Morgan fingerprint density at radius 3 is 2.45 bits per heavy atom. The molecule has 120 valence electrons. The molecule has 1 aliphatic rings. The van der Waals surface area contributed by atoms with Crippen molar-refractivity contribution in [1.82, 2.24) is 0 Å². The highest BCUT2D eigenvalue weighted by Crippen LogP contribution is 2.41. The second-order valence-electron chi connectivity index (χ2n) is 6.01. The molecule has 1 aromatic carbocycles. The molecule has 2 rings (SSSR count). The van der Waals surface area contributed by atoms with Gasteiger partial charge in [0.2, 0.25) is 0 Å². The fourth-order valence-corrected chi connectivity index (χ4v) is 2.88. The molecule has 0 aliphatic carbocycles. The molecule has 1 aromatic rings. The molecule has 4 heteroatoms. The smallest absolute Gasteiger partial charge is 0.338 e. The van der Waals surface area contributed by atoms with Gasteiger partial charge in [-0.25, -0.2) is 4.79 Å². The van der Waals surface area contributed by atoms with E-state index in [1.807, 2.05) is 32.9 Å². The van der Waals surface area contributed by atoms with Crippen LogP contribution in [0.2, 0.25) is 0 Å². The van der Waals surface area contributed by atoms with Crippen molar-refractivity contribution < 1.29 is 19.1 Å². The summed E-state index contributed by atoms with van der Waals surface area (Å²) in [4.78, 5) is 23.9. The molecule has 1 aliphatic heterocycles. The van der Waals surface area contributed by atoms with Crippen molar-refractivity contribution in [2.24, 2.45) is 5.41 Å². The molecule has 1 fully saturated rings. The van der Waals surface area contributed by atoms with E-state index in [-0.39, 0.29) is 30.1 Å². The zero-order chi connectivity index (χ0) is 16.2. The Balaban J connectivity index is 1.81. The quantitative estimate of drug-likeness (QED) is 0.753. The number of hydrogen-bond acceptors (Lipinski definition) is 4. The van der Waals surface area contributed by atoms with E-state index in [1.165, 1.54) is 0 Å². The maximum absolute atomic E-state index is 12.0. The maximum Gasteiger partial charge on any atom is 0.338 e. The molecule has 0 amide bonds. The van der Waals surface area contributed by atoms with Crippen LogP contribution in [0.4, 0.5) is 0 Å². The van der Waals surface area contributed by atoms with Gasteiger partial charge in [0.05, 0.1) is 17.6 Å². The van der Waals surface area contributed by atoms with Crippen molar-refractivity contribution in [3.8, 4) is 0 Å². The van der Waals surface area contributed by atoms with Crippen molar-refractivity contribution >= 4 is 11.9 Å². The van der Waals surface area contributed by atoms with Crippen LogP contribution in [0.5, 0.6) is 0 Å². The van der Waals surface area contributed by atoms with Crippen molar-refractivity contribution in [2.45, 2.75) is 52.6 Å². The van der Waals surface area contributed by atoms with Crippen LogP contribution in [0.3, 0.4) is 0 Å². The summed E-state index contributed by atoms with van der Waals surface area (Å²) < 4.78 is 10.7. The Morgan fingerprint density at radius 2 is 1.91 bits per heavy atom. The van der Waals surface area contributed by atoms with Gasteiger partial charge < -0.3 is 9.47 Å². The van der Waals surface area contributed by atoms with Crippen molar-refractivity contribution in [3.63, 3.8) is 0 Å². The third kappa shape index (κ3) is 3.49. The van der Waals surface area contributed by atoms with Gasteiger partial charge in [0, 0.05) is 12.8 Å². The minimum absolute atomic E-state index is 0.104. The van der Waals surface area contributed by atoms with Gasteiger partial charge in [0.1, 0.15) is 6.10 Å². The van der Waals surface area contributed by atoms with Gasteiger partial charge in [-0.2, -0.15) is 0 Å². The summed E-state index contributed by atoms with van der Waals surface area (Å²) in [6, 6.07) is 7.28. The average Bonchev–Trinajstić information content (AvgIpc) is 2.84. The zero-order valence-electron chi connectivity index (χ0n) is 13.6. The minimum atomic E-state index is -0.342. The van der Waals surface area contributed by atoms with Gasteiger partial charge >= 0.3 is 11.9 Å². The third-order valence-electron chi connectivity index (χ3n) is 4.64. The fourth-order valence-electron chi connectivity index (χ4n) is 2.88. The number of hydrogen-bond donors (Lipinski definition) is 0. The summed E-state index contributed by atoms with van der Waals surface area (Å²) in [5, 5.41) is 0. The lowest BCUT2D eigenvalue weighted by molar-refractivity contribution is -0.149. The molecule has 0 saturated carbocycles. The van der Waals surface area contributed by atoms with E-state index in [9.17, 15) is 9.59 Å². The first-order chi connectivity index (χ1) is 10.5. The van der Waals surface area contributed by atoms with Crippen LogP contribution in [-0.2, 0) is 14.3 Å². The Bertz CT molecular complexity index is 529. The van der Waals surface area contributed by atoms with Crippen LogP contribution in [0.25, 0.3) is 0 Å². The van der Waals surface area contributed by atoms with Gasteiger partial charge in [-0.15, -0.1) is 0 Å². The zero-order valence-corrected chi connectivity index (χ0v) is 13.6. The van der Waals surface area contributed by atoms with E-state index < -0.39 is 0 Å². The molecular formula is C18H24O4. The average molecular weight is 304 g/mol. The molecule has 1 unspecified atom stereocenters. The van der Waals surface area contributed by atoms with Gasteiger partial charge in [0.25, 0.3) is 0 Å². The molecule has 0 N–H and O–H groups in total. The Labute approximate surface area is 131 Å². The predicted octanol–water partition coefficient (Wildman–Crippen LogP) is 3.66. The van der Waals surface area contributed by atoms with Crippen molar-refractivity contribution in [2.75, 3.05) is 6.61 Å². The molecule has 0 radical (unpaired) electrons. The van der Waals surface area contributed by atoms with Crippen LogP contribution in [0, 0.1) is 12.3 Å². The molecule has 1 saturated heterocycles. The maximum atomic E-state index is 12.0. The standard InChI is InChI=1S/C18H24O4/c1-4-18(5-2)12-15(22-17(18)20)10-11-21-16(19)14-8-6-13(3)7-9-14/h6-9,15H,4-5,10-12H2,1-3H3. The number of ether oxygens (including phenoxy) is 2. The van der Waals surface area contributed by atoms with Crippen LogP contribution >= 0.6 is 0 Å². The molecule has 0 spiro atoms. The third-order valence-corrected chi connectivity index (χ3v) is 4.64. The van der Waals surface area contributed by atoms with E-state index in [4.69, 9.17) is 9.47 Å². The molecule has 1 heterocycles. The number of carbonyl (C=O) groups excluding carboxylic acids is 2. The van der Waals surface area contributed by atoms with Gasteiger partial charge in [-0.05, 0) is 31.9 Å². The van der Waals surface area contributed by atoms with E-state index in [1.54, 1.807) is 12.1 Å².